The Bertz CT molecular complexity index is 3480. The summed E-state index contributed by atoms with van der Waals surface area (Å²) in [5, 5.41) is 28.8. The SMILES string of the molecule is Cc1ncsc1-c1ccc(CNC(=O)[C@@H]2C[C@@H](O)CN2C(=O)[C@@H](NC(=O)C2(F)CC2)C(C)(C)C)c(OCC(=O)NCCN(C)[C@@H]2C[C@@H]3CN(CCC(=O)NCCCNc4cc(N5CCC6(CC5)CN(c5cc(F)c(CN7CCC(C)(C)CC7)cc5F)CC(=O)N6)ncn4)C[C@@H]3C2)c1. The molecule has 23 nitrogen and oxygen atoms in total. The first-order valence-corrected chi connectivity index (χ1v) is 35.5. The molecule has 7 fully saturated rings. The number of aryl methyl sites for hydroxylation is 1. The van der Waals surface area contributed by atoms with Crippen molar-refractivity contribution in [1.29, 1.82) is 0 Å². The van der Waals surface area contributed by atoms with Crippen molar-refractivity contribution in [2.75, 3.05) is 120 Å². The largest absolute Gasteiger partial charge is 0.483 e. The molecule has 27 heteroatoms. The number of rotatable bonds is 26. The molecule has 2 aromatic carbocycles. The molecule has 6 amide bonds. The molecule has 11 rings (SSSR count). The number of benzene rings is 2. The molecular weight excluding hydrogens is 1270 g/mol. The van der Waals surface area contributed by atoms with Crippen LogP contribution in [0.1, 0.15) is 122 Å². The summed E-state index contributed by atoms with van der Waals surface area (Å²) in [5.41, 5.74) is 1.28. The predicted octanol–water partition coefficient (Wildman–Crippen LogP) is 5.54. The molecule has 5 saturated heterocycles. The Morgan fingerprint density at radius 3 is 2.27 bits per heavy atom. The van der Waals surface area contributed by atoms with E-state index in [-0.39, 0.29) is 74.3 Å². The van der Waals surface area contributed by atoms with E-state index in [2.05, 4.69) is 87.3 Å². The summed E-state index contributed by atoms with van der Waals surface area (Å²) in [4.78, 5) is 106. The quantitative estimate of drug-likeness (QED) is 0.0381. The van der Waals surface area contributed by atoms with Gasteiger partial charge >= 0.3 is 0 Å². The minimum absolute atomic E-state index is 0.0167. The van der Waals surface area contributed by atoms with E-state index in [4.69, 9.17) is 4.74 Å². The van der Waals surface area contributed by atoms with Crippen LogP contribution in [0.5, 0.6) is 5.75 Å². The third-order valence-corrected chi connectivity index (χ3v) is 22.1. The van der Waals surface area contributed by atoms with Crippen molar-refractivity contribution < 1.29 is 51.8 Å². The van der Waals surface area contributed by atoms with Gasteiger partial charge in [0.25, 0.3) is 11.8 Å². The number of piperidine rings is 2. The maximum absolute atomic E-state index is 15.8. The first kappa shape index (κ1) is 71.1. The molecule has 97 heavy (non-hydrogen) atoms. The van der Waals surface area contributed by atoms with Crippen molar-refractivity contribution in [1.82, 2.24) is 61.1 Å². The zero-order chi connectivity index (χ0) is 69.0. The number of aliphatic hydroxyl groups is 1. The summed E-state index contributed by atoms with van der Waals surface area (Å²) in [6.07, 6.45) is 7.11. The number of halogens is 3. The van der Waals surface area contributed by atoms with Gasteiger partial charge in [-0.3, -0.25) is 33.7 Å². The van der Waals surface area contributed by atoms with E-state index in [9.17, 15) is 38.3 Å². The van der Waals surface area contributed by atoms with Crippen LogP contribution in [0.25, 0.3) is 10.4 Å². The topological polar surface area (TPSA) is 262 Å². The molecule has 0 bridgehead atoms. The van der Waals surface area contributed by atoms with Gasteiger partial charge in [-0.1, -0.05) is 46.8 Å². The molecule has 0 unspecified atom stereocenters. The molecule has 2 aromatic heterocycles. The van der Waals surface area contributed by atoms with E-state index in [1.807, 2.05) is 31.2 Å². The lowest BCUT2D eigenvalue weighted by molar-refractivity contribution is -0.145. The number of hydrogen-bond acceptors (Lipinski definition) is 18. The highest BCUT2D eigenvalue weighted by atomic mass is 32.1. The van der Waals surface area contributed by atoms with Crippen LogP contribution in [-0.2, 0) is 41.9 Å². The van der Waals surface area contributed by atoms with Crippen molar-refractivity contribution in [3.8, 4) is 16.2 Å². The number of fused-ring (bicyclic) bond motifs is 1. The zero-order valence-electron chi connectivity index (χ0n) is 57.3. The monoisotopic (exact) mass is 1370 g/mol. The molecule has 528 valence electrons. The number of ether oxygens (including phenoxy) is 1. The molecule has 7 heterocycles. The highest BCUT2D eigenvalue weighted by molar-refractivity contribution is 7.13. The summed E-state index contributed by atoms with van der Waals surface area (Å²) in [6.45, 7) is 19.6. The average Bonchev–Trinajstić information content (AvgIpc) is 1.08. The van der Waals surface area contributed by atoms with Gasteiger partial charge in [0, 0.05) is 127 Å². The molecule has 7 N–H and O–H groups in total. The highest BCUT2D eigenvalue weighted by Crippen LogP contribution is 2.42. The molecule has 0 radical (unpaired) electrons. The van der Waals surface area contributed by atoms with Crippen LogP contribution >= 0.6 is 11.3 Å². The van der Waals surface area contributed by atoms with Gasteiger partial charge < -0.3 is 66.2 Å². The number of thiazole rings is 1. The molecule has 2 aliphatic carbocycles. The van der Waals surface area contributed by atoms with Gasteiger partial charge in [-0.05, 0) is 125 Å². The Labute approximate surface area is 571 Å². The molecule has 6 atom stereocenters. The first-order chi connectivity index (χ1) is 46.2. The number of nitrogens with one attached hydrogen (secondary N) is 6. The number of piperazine rings is 1. The minimum Gasteiger partial charge on any atom is -0.483 e. The maximum atomic E-state index is 15.8. The molecular formula is C70H98F3N15O8S. The number of amides is 6. The predicted molar refractivity (Wildman–Crippen MR) is 364 cm³/mol. The second kappa shape index (κ2) is 30.1. The van der Waals surface area contributed by atoms with Gasteiger partial charge in [0.15, 0.2) is 12.3 Å². The minimum atomic E-state index is -2.00. The number of aliphatic hydroxyl groups excluding tert-OH is 1. The Kier molecular flexibility index (Phi) is 22.1. The number of anilines is 3. The van der Waals surface area contributed by atoms with E-state index < -0.39 is 64.2 Å². The molecule has 4 aromatic rings. The number of alkyl halides is 1. The average molecular weight is 1370 g/mol. The normalized spacial score (nSPS) is 23.2. The van der Waals surface area contributed by atoms with Crippen LogP contribution in [0.2, 0.25) is 0 Å². The van der Waals surface area contributed by atoms with Gasteiger partial charge in [-0.2, -0.15) is 0 Å². The van der Waals surface area contributed by atoms with E-state index in [0.717, 1.165) is 73.8 Å². The summed E-state index contributed by atoms with van der Waals surface area (Å²) < 4.78 is 52.3. The van der Waals surface area contributed by atoms with Crippen LogP contribution < -0.4 is 46.4 Å². The lowest BCUT2D eigenvalue weighted by atomic mass is 9.82. The number of carbonyl (C=O) groups excluding carboxylic acids is 6. The van der Waals surface area contributed by atoms with Crippen molar-refractivity contribution in [2.24, 2.45) is 22.7 Å². The number of hydrogen-bond donors (Lipinski definition) is 7. The van der Waals surface area contributed by atoms with Gasteiger partial charge in [0.05, 0.1) is 40.0 Å². The number of likely N-dealkylation sites (N-methyl/N-ethyl adjacent to an activating group) is 1. The third kappa shape index (κ3) is 17.8. The Balaban J connectivity index is 0.561. The van der Waals surface area contributed by atoms with Gasteiger partial charge in [0.1, 0.15) is 47.4 Å². The van der Waals surface area contributed by atoms with Gasteiger partial charge in [-0.15, -0.1) is 11.3 Å². The second-order valence-electron chi connectivity index (χ2n) is 30.1. The molecule has 1 spiro atoms. The van der Waals surface area contributed by atoms with E-state index in [1.165, 1.54) is 34.7 Å². The number of β-amino-alcohol motifs (C(OH)–C–C–N with tert-alkyl or cyclic N) is 1. The standard InChI is InChI=1S/C70H98F3N15O8S/c1-44-62(97-43-80-44)45-9-10-46(34-77-64(93)55-31-51(89)38-88(55)65(94)63(67(2,3)4)81-66(95)70(73)12-13-70)56(30-45)96-40-61(92)76-20-26-83(7)50-27-47-35-85(36-48(47)28-50)21-11-59(90)75-19-8-18-74-57-33-58(79-42-78-57)86-24-16-69(17-25-86)41-87(39-60(91)82-69)54-32-52(71)49(29-53(54)72)37-84-22-14-68(5,6)15-23-84/h9-10,29-30,32-33,42-43,47-48,50-51,55,63,89H,8,11-28,31,34-41H2,1-7H3,(H,75,90)(H,76,92)(H,77,93)(H,81,95)(H,82,91)(H,74,78,79)/t47-,48+,50-,51-,55+,63-/m1/s1. The molecule has 7 aliphatic rings. The fourth-order valence-corrected chi connectivity index (χ4v) is 15.6. The number of nitrogens with zero attached hydrogens (tertiary/aromatic N) is 9. The van der Waals surface area contributed by atoms with Gasteiger partial charge in [-0.25, -0.2) is 28.1 Å². The summed E-state index contributed by atoms with van der Waals surface area (Å²) >= 11 is 1.47. The third-order valence-electron chi connectivity index (χ3n) is 21.1. The van der Waals surface area contributed by atoms with Crippen LogP contribution in [0.3, 0.4) is 0 Å². The fraction of sp³-hybridized carbons (Fsp3) is 0.643. The fourth-order valence-electron chi connectivity index (χ4n) is 14.8. The van der Waals surface area contributed by atoms with Crippen LogP contribution in [0, 0.1) is 41.2 Å². The van der Waals surface area contributed by atoms with Crippen molar-refractivity contribution in [3.63, 3.8) is 0 Å². The number of aromatic nitrogens is 3. The van der Waals surface area contributed by atoms with Crippen LogP contribution in [0.15, 0.2) is 48.2 Å². The summed E-state index contributed by atoms with van der Waals surface area (Å²) in [7, 11) is 2.09. The maximum Gasteiger partial charge on any atom is 0.258 e. The Morgan fingerprint density at radius 2 is 1.57 bits per heavy atom. The lowest BCUT2D eigenvalue weighted by Crippen LogP contribution is -2.66. The lowest BCUT2D eigenvalue weighted by Gasteiger charge is -2.48. The van der Waals surface area contributed by atoms with E-state index in [1.54, 1.807) is 31.2 Å². The molecule has 2 saturated carbocycles. The summed E-state index contributed by atoms with van der Waals surface area (Å²) in [6, 6.07) is 8.18. The summed E-state index contributed by atoms with van der Waals surface area (Å²) in [5.74, 6) is -0.552. The smallest absolute Gasteiger partial charge is 0.258 e. The van der Waals surface area contributed by atoms with Crippen molar-refractivity contribution in [2.45, 2.75) is 161 Å². The van der Waals surface area contributed by atoms with Crippen LogP contribution in [0.4, 0.5) is 30.5 Å². The molecule has 5 aliphatic heterocycles. The highest BCUT2D eigenvalue weighted by Gasteiger charge is 2.54. The van der Waals surface area contributed by atoms with E-state index in [0.29, 0.717) is 125 Å². The van der Waals surface area contributed by atoms with Gasteiger partial charge in [0.2, 0.25) is 23.6 Å². The number of carbonyl (C=O) groups is 6. The van der Waals surface area contributed by atoms with Crippen LogP contribution in [-0.4, -0.2) is 216 Å². The van der Waals surface area contributed by atoms with Crippen molar-refractivity contribution >= 4 is 64.1 Å². The zero-order valence-corrected chi connectivity index (χ0v) is 58.1. The first-order valence-electron chi connectivity index (χ1n) is 34.6. The Hall–Kier alpha value is -7.20. The van der Waals surface area contributed by atoms with Crippen molar-refractivity contribution in [3.05, 3.63) is 76.7 Å². The van der Waals surface area contributed by atoms with E-state index >= 15 is 8.78 Å². The second-order valence-corrected chi connectivity index (χ2v) is 31.0. The number of likely N-dealkylation sites (tertiary alicyclic amines) is 3. The Morgan fingerprint density at radius 1 is 0.835 bits per heavy atom.